The summed E-state index contributed by atoms with van der Waals surface area (Å²) in [4.78, 5) is 15.7. The quantitative estimate of drug-likeness (QED) is 0.336. The number of hydrogen-bond acceptors (Lipinski definition) is 3. The molecule has 0 bridgehead atoms. The number of H-pyrrole nitrogens is 1. The summed E-state index contributed by atoms with van der Waals surface area (Å²) in [6, 6.07) is 20.1. The monoisotopic (exact) mass is 460 g/mol. The van der Waals surface area contributed by atoms with Crippen LogP contribution in [0.5, 0.6) is 0 Å². The van der Waals surface area contributed by atoms with Crippen molar-refractivity contribution in [2.75, 3.05) is 4.72 Å². The molecule has 5 nitrogen and oxygen atoms in total. The molecule has 0 aliphatic carbocycles. The van der Waals surface area contributed by atoms with Gasteiger partial charge in [-0.15, -0.1) is 0 Å². The van der Waals surface area contributed by atoms with Crippen molar-refractivity contribution in [3.05, 3.63) is 83.6 Å². The van der Waals surface area contributed by atoms with E-state index < -0.39 is 10.0 Å². The maximum Gasteiger partial charge on any atom is 0.261 e. The van der Waals surface area contributed by atoms with Crippen LogP contribution < -0.4 is 4.72 Å². The van der Waals surface area contributed by atoms with Gasteiger partial charge in [-0.25, -0.2) is 8.42 Å². The highest BCUT2D eigenvalue weighted by Gasteiger charge is 2.20. The van der Waals surface area contributed by atoms with E-state index in [1.807, 2.05) is 43.3 Å². The molecule has 0 saturated carbocycles. The zero-order valence-electron chi connectivity index (χ0n) is 19.5. The van der Waals surface area contributed by atoms with Gasteiger partial charge in [0.05, 0.1) is 10.6 Å². The molecule has 0 aliphatic rings. The van der Waals surface area contributed by atoms with Crippen molar-refractivity contribution >= 4 is 32.4 Å². The van der Waals surface area contributed by atoms with E-state index in [2.05, 4.69) is 30.5 Å². The molecule has 4 rings (SSSR count). The second-order valence-corrected chi connectivity index (χ2v) is 11.1. The van der Waals surface area contributed by atoms with Gasteiger partial charge in [0, 0.05) is 29.1 Å². The average Bonchev–Trinajstić information content (AvgIpc) is 3.13. The van der Waals surface area contributed by atoms with Crippen LogP contribution in [0.1, 0.15) is 49.3 Å². The number of aromatic amines is 1. The molecule has 0 saturated heterocycles. The highest BCUT2D eigenvalue weighted by atomic mass is 32.2. The first-order valence-corrected chi connectivity index (χ1v) is 12.3. The predicted molar refractivity (Wildman–Crippen MR) is 134 cm³/mol. The summed E-state index contributed by atoms with van der Waals surface area (Å²) in [6.07, 6.45) is 0. The maximum atomic E-state index is 13.0. The van der Waals surface area contributed by atoms with E-state index in [1.54, 1.807) is 30.3 Å². The topological polar surface area (TPSA) is 79.0 Å². The first-order chi connectivity index (χ1) is 15.5. The van der Waals surface area contributed by atoms with E-state index in [4.69, 9.17) is 0 Å². The number of Topliss-reactive ketones (excluding diaryl/α,β-unsaturated/α-hetero) is 1. The van der Waals surface area contributed by atoms with Gasteiger partial charge in [0.25, 0.3) is 10.0 Å². The summed E-state index contributed by atoms with van der Waals surface area (Å²) in [5.74, 6) is -0.0807. The third kappa shape index (κ3) is 4.57. The van der Waals surface area contributed by atoms with Gasteiger partial charge in [-0.1, -0.05) is 62.7 Å². The van der Waals surface area contributed by atoms with Crippen LogP contribution in [0.3, 0.4) is 0 Å². The Labute approximate surface area is 194 Å². The molecule has 0 radical (unpaired) electrons. The van der Waals surface area contributed by atoms with Crippen molar-refractivity contribution in [3.8, 4) is 11.1 Å². The van der Waals surface area contributed by atoms with E-state index in [-0.39, 0.29) is 16.1 Å². The number of sulfonamides is 1. The number of nitrogens with one attached hydrogen (secondary N) is 2. The van der Waals surface area contributed by atoms with E-state index >= 15 is 0 Å². The molecule has 1 aromatic heterocycles. The fourth-order valence-corrected chi connectivity index (χ4v) is 4.94. The molecule has 6 heteroatoms. The standard InChI is InChI=1S/C27H28N2O3S/c1-17-6-8-19(9-7-17)25-23-16-21(12-15-24(23)28-26(25)18(2)30)29-33(31,32)22-13-10-20(11-14-22)27(3,4)5/h6-16,28-29H,1-5H3. The normalized spacial score (nSPS) is 12.2. The molecule has 3 aromatic carbocycles. The molecule has 2 N–H and O–H groups in total. The minimum atomic E-state index is -3.76. The van der Waals surface area contributed by atoms with E-state index in [9.17, 15) is 13.2 Å². The largest absolute Gasteiger partial charge is 0.352 e. The van der Waals surface area contributed by atoms with E-state index in [0.29, 0.717) is 11.4 Å². The highest BCUT2D eigenvalue weighted by Crippen LogP contribution is 2.35. The summed E-state index contributed by atoms with van der Waals surface area (Å²) in [6.45, 7) is 9.78. The van der Waals surface area contributed by atoms with Crippen LogP contribution in [0.25, 0.3) is 22.0 Å². The van der Waals surface area contributed by atoms with Gasteiger partial charge in [-0.3, -0.25) is 9.52 Å². The van der Waals surface area contributed by atoms with Gasteiger partial charge in [0.1, 0.15) is 0 Å². The average molecular weight is 461 g/mol. The van der Waals surface area contributed by atoms with Gasteiger partial charge in [0.2, 0.25) is 0 Å². The van der Waals surface area contributed by atoms with Crippen LogP contribution >= 0.6 is 0 Å². The maximum absolute atomic E-state index is 13.0. The number of aryl methyl sites for hydroxylation is 1. The molecule has 0 amide bonds. The zero-order chi connectivity index (χ0) is 24.0. The molecule has 0 spiro atoms. The van der Waals surface area contributed by atoms with Crippen molar-refractivity contribution in [2.24, 2.45) is 0 Å². The number of ketones is 1. The lowest BCUT2D eigenvalue weighted by molar-refractivity contribution is 0.101. The molecule has 4 aromatic rings. The van der Waals surface area contributed by atoms with Crippen molar-refractivity contribution in [2.45, 2.75) is 44.9 Å². The number of anilines is 1. The molecule has 0 atom stereocenters. The number of benzene rings is 3. The SMILES string of the molecule is CC(=O)c1[nH]c2ccc(NS(=O)(=O)c3ccc(C(C)(C)C)cc3)cc2c1-c1ccc(C)cc1. The number of rotatable bonds is 5. The second kappa shape index (κ2) is 8.19. The van der Waals surface area contributed by atoms with Crippen molar-refractivity contribution < 1.29 is 13.2 Å². The first-order valence-electron chi connectivity index (χ1n) is 10.8. The lowest BCUT2D eigenvalue weighted by Crippen LogP contribution is -2.14. The Bertz CT molecular complexity index is 1440. The van der Waals surface area contributed by atoms with E-state index in [0.717, 1.165) is 33.2 Å². The zero-order valence-corrected chi connectivity index (χ0v) is 20.3. The smallest absolute Gasteiger partial charge is 0.261 e. The Kier molecular flexibility index (Phi) is 5.66. The third-order valence-electron chi connectivity index (χ3n) is 5.77. The molecular weight excluding hydrogens is 432 g/mol. The van der Waals surface area contributed by atoms with Crippen LogP contribution in [0, 0.1) is 6.92 Å². The van der Waals surface area contributed by atoms with Crippen molar-refractivity contribution in [3.63, 3.8) is 0 Å². The Balaban J connectivity index is 1.75. The van der Waals surface area contributed by atoms with Crippen LogP contribution in [0.15, 0.2) is 71.6 Å². The predicted octanol–water partition coefficient (Wildman–Crippen LogP) is 6.44. The fraction of sp³-hybridized carbons (Fsp3) is 0.222. The Morgan fingerprint density at radius 3 is 2.12 bits per heavy atom. The molecule has 170 valence electrons. The molecule has 0 unspecified atom stereocenters. The van der Waals surface area contributed by atoms with Gasteiger partial charge >= 0.3 is 0 Å². The highest BCUT2D eigenvalue weighted by molar-refractivity contribution is 7.92. The van der Waals surface area contributed by atoms with Gasteiger partial charge < -0.3 is 4.98 Å². The second-order valence-electron chi connectivity index (χ2n) is 9.44. The Morgan fingerprint density at radius 1 is 0.909 bits per heavy atom. The van der Waals surface area contributed by atoms with Gasteiger partial charge in [0.15, 0.2) is 5.78 Å². The number of aromatic nitrogens is 1. The number of carbonyl (C=O) groups is 1. The molecule has 1 heterocycles. The van der Waals surface area contributed by atoms with Crippen LogP contribution in [0.2, 0.25) is 0 Å². The lowest BCUT2D eigenvalue weighted by atomic mass is 9.87. The number of hydrogen-bond donors (Lipinski definition) is 2. The molecule has 0 aliphatic heterocycles. The summed E-state index contributed by atoms with van der Waals surface area (Å²) in [7, 11) is -3.76. The Morgan fingerprint density at radius 2 is 1.55 bits per heavy atom. The lowest BCUT2D eigenvalue weighted by Gasteiger charge is -2.19. The first kappa shape index (κ1) is 22.8. The summed E-state index contributed by atoms with van der Waals surface area (Å²) >= 11 is 0. The minimum absolute atomic E-state index is 0.0597. The molecular formula is C27H28N2O3S. The van der Waals surface area contributed by atoms with Crippen molar-refractivity contribution in [1.82, 2.24) is 4.98 Å². The van der Waals surface area contributed by atoms with Gasteiger partial charge in [-0.2, -0.15) is 0 Å². The summed E-state index contributed by atoms with van der Waals surface area (Å²) < 4.78 is 28.7. The van der Waals surface area contributed by atoms with Crippen LogP contribution in [-0.2, 0) is 15.4 Å². The third-order valence-corrected chi connectivity index (χ3v) is 7.17. The van der Waals surface area contributed by atoms with Crippen LogP contribution in [0.4, 0.5) is 5.69 Å². The number of fused-ring (bicyclic) bond motifs is 1. The van der Waals surface area contributed by atoms with Crippen LogP contribution in [-0.4, -0.2) is 19.2 Å². The van der Waals surface area contributed by atoms with Crippen molar-refractivity contribution in [1.29, 1.82) is 0 Å². The van der Waals surface area contributed by atoms with Gasteiger partial charge in [-0.05, 0) is 53.8 Å². The summed E-state index contributed by atoms with van der Waals surface area (Å²) in [5, 5.41) is 0.785. The fourth-order valence-electron chi connectivity index (χ4n) is 3.89. The minimum Gasteiger partial charge on any atom is -0.352 e. The summed E-state index contributed by atoms with van der Waals surface area (Å²) in [5.41, 5.74) is 5.51. The number of carbonyl (C=O) groups excluding carboxylic acids is 1. The molecule has 33 heavy (non-hydrogen) atoms. The van der Waals surface area contributed by atoms with E-state index in [1.165, 1.54) is 6.92 Å². The Hall–Kier alpha value is -3.38. The molecule has 0 fully saturated rings.